The predicted octanol–water partition coefficient (Wildman–Crippen LogP) is 6.06. The molecule has 2 heterocycles. The summed E-state index contributed by atoms with van der Waals surface area (Å²) in [4.78, 5) is 10.4. The third-order valence-corrected chi connectivity index (χ3v) is 4.95. The van der Waals surface area contributed by atoms with Gasteiger partial charge in [-0.05, 0) is 37.7 Å². The summed E-state index contributed by atoms with van der Waals surface area (Å²) in [6.45, 7) is 4.01. The Hall–Kier alpha value is -1.88. The maximum atomic E-state index is 7.64. The molecule has 8 heteroatoms. The normalized spacial score (nSPS) is 10.4. The topological polar surface area (TPSA) is 90.3 Å². The van der Waals surface area contributed by atoms with Crippen LogP contribution < -0.4 is 5.32 Å². The van der Waals surface area contributed by atoms with E-state index >= 15 is 0 Å². The smallest absolute Gasteiger partial charge is 0.194 e. The first-order valence-electron chi connectivity index (χ1n) is 8.80. The first-order chi connectivity index (χ1) is 13.5. The van der Waals surface area contributed by atoms with E-state index in [1.165, 1.54) is 17.3 Å². The molecule has 0 aliphatic rings. The van der Waals surface area contributed by atoms with Gasteiger partial charge in [-0.25, -0.2) is 9.97 Å². The van der Waals surface area contributed by atoms with Gasteiger partial charge in [0.25, 0.3) is 0 Å². The molecule has 0 bridgehead atoms. The Balaban J connectivity index is 0.00000240. The number of rotatable bonds is 5. The van der Waals surface area contributed by atoms with Crippen molar-refractivity contribution in [1.82, 2.24) is 20.2 Å². The Kier molecular flexibility index (Phi) is 7.34. The molecular weight excluding hydrogens is 595 g/mol. The van der Waals surface area contributed by atoms with Crippen LogP contribution in [-0.4, -0.2) is 20.2 Å². The van der Waals surface area contributed by atoms with Crippen molar-refractivity contribution >= 4 is 29.1 Å². The molecule has 0 fully saturated rings. The first kappa shape index (κ1) is 21.8. The van der Waals surface area contributed by atoms with E-state index in [0.717, 1.165) is 21.8 Å². The second-order valence-corrected chi connectivity index (χ2v) is 7.52. The molecule has 29 heavy (non-hydrogen) atoms. The second-order valence-electron chi connectivity index (χ2n) is 6.47. The number of H-pyrrole nitrogens is 1. The molecule has 1 radical (unpaired) electrons. The van der Waals surface area contributed by atoms with Gasteiger partial charge in [-0.2, -0.15) is 5.10 Å². The molecule has 0 saturated carbocycles. The summed E-state index contributed by atoms with van der Waals surface area (Å²) in [6.07, 6.45) is 0. The Morgan fingerprint density at radius 3 is 2.28 bits per heavy atom. The summed E-state index contributed by atoms with van der Waals surface area (Å²) in [6, 6.07) is 19.4. The van der Waals surface area contributed by atoms with Crippen LogP contribution in [0.4, 0.5) is 17.3 Å². The molecule has 6 nitrogen and oxygen atoms in total. The van der Waals surface area contributed by atoms with Crippen LogP contribution in [0.15, 0.2) is 70.7 Å². The molecule has 0 atom stereocenters. The van der Waals surface area contributed by atoms with Crippen LogP contribution in [0, 0.1) is 57.9 Å². The van der Waals surface area contributed by atoms with E-state index in [1.807, 2.05) is 31.2 Å². The molecule has 3 N–H and O–H groups in total. The molecule has 0 unspecified atom stereocenters. The van der Waals surface area contributed by atoms with E-state index in [1.54, 1.807) is 12.1 Å². The molecule has 2 aromatic heterocycles. The van der Waals surface area contributed by atoms with E-state index in [2.05, 4.69) is 51.7 Å². The van der Waals surface area contributed by atoms with Gasteiger partial charge in [0.1, 0.15) is 5.82 Å². The van der Waals surface area contributed by atoms with E-state index in [9.17, 15) is 0 Å². The Morgan fingerprint density at radius 2 is 1.62 bits per heavy atom. The largest absolute Gasteiger partial charge is 0.699 e. The minimum absolute atomic E-state index is 0. The number of aryl methyl sites for hydroxylation is 2. The summed E-state index contributed by atoms with van der Waals surface area (Å²) in [7, 11) is 0. The van der Waals surface area contributed by atoms with Gasteiger partial charge >= 0.3 is 0 Å². The number of hydrogen-bond donors (Lipinski definition) is 2. The Morgan fingerprint density at radius 1 is 0.897 bits per heavy atom. The van der Waals surface area contributed by atoms with Crippen LogP contribution >= 0.6 is 11.8 Å². The van der Waals surface area contributed by atoms with Crippen molar-refractivity contribution in [1.29, 1.82) is 0 Å². The number of benzene rings is 2. The number of anilines is 2. The third-order valence-electron chi connectivity index (χ3n) is 4.08. The molecule has 143 valence electrons. The fourth-order valence-electron chi connectivity index (χ4n) is 2.65. The van der Waals surface area contributed by atoms with Crippen molar-refractivity contribution < 1.29 is 44.1 Å². The quantitative estimate of drug-likeness (QED) is 0.267. The van der Waals surface area contributed by atoms with Crippen LogP contribution in [0.5, 0.6) is 0 Å². The van der Waals surface area contributed by atoms with Crippen LogP contribution in [0.2, 0.25) is 0 Å². The van der Waals surface area contributed by atoms with Crippen LogP contribution in [0.1, 0.15) is 11.3 Å². The average molecular weight is 614 g/mol. The van der Waals surface area contributed by atoms with Crippen LogP contribution in [0.3, 0.4) is 0 Å². The van der Waals surface area contributed by atoms with Gasteiger partial charge in [0.15, 0.2) is 11.0 Å². The molecule has 0 saturated heterocycles. The van der Waals surface area contributed by atoms with E-state index in [0.29, 0.717) is 22.5 Å². The fraction of sp³-hybridized carbons (Fsp3) is 0.0952. The van der Waals surface area contributed by atoms with Crippen molar-refractivity contribution in [2.45, 2.75) is 23.9 Å². The minimum atomic E-state index is 0. The zero-order valence-corrected chi connectivity index (χ0v) is 21.7. The van der Waals surface area contributed by atoms with Gasteiger partial charge in [0, 0.05) is 72.3 Å². The molecule has 4 aromatic rings. The maximum Gasteiger partial charge on any atom is 0.194 e. The molecule has 0 amide bonds. The number of hydrogen-bond acceptors (Lipinski definition) is 5. The summed E-state index contributed by atoms with van der Waals surface area (Å²) in [5, 5.41) is 11.0. The number of aromatic nitrogens is 4. The summed E-state index contributed by atoms with van der Waals surface area (Å²) >= 11 is 1.46. The second kappa shape index (κ2) is 9.75. The Labute approximate surface area is 209 Å². The van der Waals surface area contributed by atoms with Gasteiger partial charge in [-0.1, -0.05) is 42.0 Å². The summed E-state index contributed by atoms with van der Waals surface area (Å²) in [5.41, 5.74) is 12.2. The zero-order chi connectivity index (χ0) is 19.5. The number of nitrogens with zero attached hydrogens (tertiary/aromatic N) is 3. The zero-order valence-electron chi connectivity index (χ0n) is 16.1. The first-order valence-corrected chi connectivity index (χ1v) is 9.61. The minimum Gasteiger partial charge on any atom is -0.699 e. The number of nitrogens with one attached hydrogen (secondary N) is 3. The van der Waals surface area contributed by atoms with Gasteiger partial charge in [0.2, 0.25) is 0 Å². The summed E-state index contributed by atoms with van der Waals surface area (Å²) in [5.74, 6) is 1.39. The Bertz CT molecular complexity index is 1090. The monoisotopic (exact) mass is 614 g/mol. The van der Waals surface area contributed by atoms with Crippen molar-refractivity contribution in [2.24, 2.45) is 0 Å². The van der Waals surface area contributed by atoms with Gasteiger partial charge < -0.3 is 11.1 Å². The third kappa shape index (κ3) is 5.82. The molecule has 2 aromatic carbocycles. The SMILES string of the molecule is Cc1ccc(-c2cc(Nc3cc(C)[nH]n3)nc(Sc3ccc([NH-])cc3)n2)cc1.[Ac]. The number of aromatic amines is 1. The molecule has 0 aliphatic heterocycles. The van der Waals surface area contributed by atoms with Crippen molar-refractivity contribution in [2.75, 3.05) is 5.32 Å². The summed E-state index contributed by atoms with van der Waals surface area (Å²) < 4.78 is 0. The van der Waals surface area contributed by atoms with Crippen molar-refractivity contribution in [3.05, 3.63) is 77.7 Å². The van der Waals surface area contributed by atoms with Crippen LogP contribution in [-0.2, 0) is 0 Å². The molecule has 0 aliphatic carbocycles. The predicted molar refractivity (Wildman–Crippen MR) is 113 cm³/mol. The molecule has 4 rings (SSSR count). The van der Waals surface area contributed by atoms with E-state index < -0.39 is 0 Å². The van der Waals surface area contributed by atoms with E-state index in [4.69, 9.17) is 10.7 Å². The van der Waals surface area contributed by atoms with Crippen molar-refractivity contribution in [3.63, 3.8) is 0 Å². The van der Waals surface area contributed by atoms with Gasteiger partial charge in [-0.15, -0.1) is 5.69 Å². The fourth-order valence-corrected chi connectivity index (χ4v) is 3.42. The standard InChI is InChI=1S/C21H19N6S.Ac/c1-13-3-5-15(6-4-13)18-12-19(24-20-11-14(2)26-27-20)25-21(23-18)28-17-9-7-16(22)8-10-17;/h3-12,22H,1-2H3,(H2,23,24,25,26,27);/q-1;. The van der Waals surface area contributed by atoms with Crippen LogP contribution in [0.25, 0.3) is 17.0 Å². The van der Waals surface area contributed by atoms with Crippen molar-refractivity contribution in [3.8, 4) is 11.3 Å². The maximum absolute atomic E-state index is 7.64. The molecule has 0 spiro atoms. The van der Waals surface area contributed by atoms with E-state index in [-0.39, 0.29) is 44.1 Å². The van der Waals surface area contributed by atoms with Gasteiger partial charge in [0.05, 0.1) is 5.69 Å². The molecular formula is C21H19AcN6S-. The average Bonchev–Trinajstić information content (AvgIpc) is 3.09. The van der Waals surface area contributed by atoms with Gasteiger partial charge in [-0.3, -0.25) is 5.10 Å².